The van der Waals surface area contributed by atoms with Crippen molar-refractivity contribution in [3.05, 3.63) is 99.7 Å². The van der Waals surface area contributed by atoms with Gasteiger partial charge >= 0.3 is 0 Å². The quantitative estimate of drug-likeness (QED) is 0.489. The monoisotopic (exact) mass is 446 g/mol. The van der Waals surface area contributed by atoms with E-state index in [-0.39, 0.29) is 5.91 Å². The molecule has 0 spiro atoms. The maximum absolute atomic E-state index is 13.3. The summed E-state index contributed by atoms with van der Waals surface area (Å²) in [5.41, 5.74) is 3.96. The predicted octanol–water partition coefficient (Wildman–Crippen LogP) is 5.60. The van der Waals surface area contributed by atoms with Crippen LogP contribution in [-0.4, -0.2) is 18.9 Å². The lowest BCUT2D eigenvalue weighted by atomic mass is 10.1. The fourth-order valence-corrected chi connectivity index (χ4v) is 3.44. The van der Waals surface area contributed by atoms with Crippen LogP contribution in [0.2, 0.25) is 0 Å². The molecule has 3 aromatic rings. The third-order valence-electron chi connectivity index (χ3n) is 4.69. The van der Waals surface area contributed by atoms with Crippen LogP contribution in [0.1, 0.15) is 16.7 Å². The summed E-state index contributed by atoms with van der Waals surface area (Å²) in [5.74, 6) is 1.13. The summed E-state index contributed by atoms with van der Waals surface area (Å²) in [6.45, 7) is 2.02. The first-order chi connectivity index (χ1) is 14.1. The summed E-state index contributed by atoms with van der Waals surface area (Å²) in [5, 5.41) is 0. The van der Waals surface area contributed by atoms with Gasteiger partial charge < -0.3 is 4.74 Å². The molecule has 1 aliphatic rings. The van der Waals surface area contributed by atoms with Gasteiger partial charge in [-0.1, -0.05) is 64.0 Å². The zero-order valence-electron chi connectivity index (χ0n) is 16.1. The van der Waals surface area contributed by atoms with Crippen LogP contribution in [0.5, 0.6) is 5.75 Å². The van der Waals surface area contributed by atoms with Gasteiger partial charge in [0.25, 0.3) is 5.91 Å². The number of carbonyl (C=O) groups is 1. The van der Waals surface area contributed by atoms with Crippen LogP contribution in [0.25, 0.3) is 6.08 Å². The molecule has 4 nitrogen and oxygen atoms in total. The minimum absolute atomic E-state index is 0.169. The van der Waals surface area contributed by atoms with Crippen LogP contribution in [-0.2, 0) is 4.79 Å². The van der Waals surface area contributed by atoms with Gasteiger partial charge in [0.1, 0.15) is 17.3 Å². The number of aliphatic imine (C=N–C) groups is 1. The normalized spacial score (nSPS) is 15.0. The highest BCUT2D eigenvalue weighted by Crippen LogP contribution is 2.30. The number of rotatable bonds is 4. The molecule has 1 heterocycles. The number of amidine groups is 1. The first kappa shape index (κ1) is 19.2. The molecule has 0 saturated carbocycles. The van der Waals surface area contributed by atoms with E-state index in [2.05, 4.69) is 15.9 Å². The second-order valence-electron chi connectivity index (χ2n) is 6.69. The summed E-state index contributed by atoms with van der Waals surface area (Å²) < 4.78 is 6.39. The molecule has 1 aliphatic heterocycles. The van der Waals surface area contributed by atoms with E-state index in [1.54, 1.807) is 18.1 Å². The number of methoxy groups -OCH3 is 1. The van der Waals surface area contributed by atoms with E-state index >= 15 is 0 Å². The summed E-state index contributed by atoms with van der Waals surface area (Å²) in [6.07, 6.45) is 1.77. The number of nitrogens with zero attached hydrogens (tertiary/aromatic N) is 2. The molecule has 29 heavy (non-hydrogen) atoms. The largest absolute Gasteiger partial charge is 0.496 e. The number of para-hydroxylation sites is 1. The van der Waals surface area contributed by atoms with E-state index in [9.17, 15) is 4.79 Å². The second-order valence-corrected chi connectivity index (χ2v) is 7.61. The summed E-state index contributed by atoms with van der Waals surface area (Å²) in [4.78, 5) is 19.7. The van der Waals surface area contributed by atoms with Crippen molar-refractivity contribution in [2.45, 2.75) is 6.92 Å². The van der Waals surface area contributed by atoms with Gasteiger partial charge in [0, 0.05) is 15.6 Å². The highest BCUT2D eigenvalue weighted by atomic mass is 79.9. The van der Waals surface area contributed by atoms with Crippen molar-refractivity contribution in [2.75, 3.05) is 12.0 Å². The Morgan fingerprint density at radius 1 is 0.966 bits per heavy atom. The Hall–Kier alpha value is -3.18. The number of hydrogen-bond donors (Lipinski definition) is 0. The smallest absolute Gasteiger partial charge is 0.282 e. The molecule has 0 saturated heterocycles. The molecule has 0 N–H and O–H groups in total. The van der Waals surface area contributed by atoms with Gasteiger partial charge in [-0.15, -0.1) is 0 Å². The second kappa shape index (κ2) is 8.05. The third kappa shape index (κ3) is 3.87. The minimum atomic E-state index is -0.169. The molecule has 144 valence electrons. The molecule has 0 atom stereocenters. The highest BCUT2D eigenvalue weighted by Gasteiger charge is 2.32. The standard InChI is InChI=1S/C24H19BrN2O2/c1-16-7-13-20(14-8-16)27-23(17-9-11-19(25)12-10-17)26-21(24(27)28)15-18-5-3-4-6-22(18)29-2/h3-15H,1-2H3/b21-15+. The van der Waals surface area contributed by atoms with Crippen LogP contribution in [0, 0.1) is 6.92 Å². The van der Waals surface area contributed by atoms with Crippen molar-refractivity contribution in [1.82, 2.24) is 0 Å². The number of ether oxygens (including phenoxy) is 1. The lowest BCUT2D eigenvalue weighted by Gasteiger charge is -2.18. The van der Waals surface area contributed by atoms with Gasteiger partial charge in [0.15, 0.2) is 0 Å². The molecule has 4 rings (SSSR count). The Balaban J connectivity index is 1.83. The topological polar surface area (TPSA) is 41.9 Å². The van der Waals surface area contributed by atoms with Crippen molar-refractivity contribution >= 4 is 39.4 Å². The van der Waals surface area contributed by atoms with Crippen molar-refractivity contribution in [3.63, 3.8) is 0 Å². The average molecular weight is 447 g/mol. The van der Waals surface area contributed by atoms with E-state index in [1.165, 1.54) is 0 Å². The van der Waals surface area contributed by atoms with Crippen LogP contribution in [0.3, 0.4) is 0 Å². The zero-order chi connectivity index (χ0) is 20.4. The van der Waals surface area contributed by atoms with Crippen LogP contribution in [0.4, 0.5) is 5.69 Å². The number of amides is 1. The third-order valence-corrected chi connectivity index (χ3v) is 5.21. The highest BCUT2D eigenvalue weighted by molar-refractivity contribution is 9.10. The van der Waals surface area contributed by atoms with Crippen LogP contribution < -0.4 is 9.64 Å². The molecule has 0 radical (unpaired) electrons. The molecule has 0 aliphatic carbocycles. The fourth-order valence-electron chi connectivity index (χ4n) is 3.18. The Kier molecular flexibility index (Phi) is 5.32. The van der Waals surface area contributed by atoms with Crippen molar-refractivity contribution in [1.29, 1.82) is 0 Å². The van der Waals surface area contributed by atoms with E-state index in [0.717, 1.165) is 26.9 Å². The Labute approximate surface area is 178 Å². The number of anilines is 1. The number of halogens is 1. The van der Waals surface area contributed by atoms with Gasteiger partial charge in [-0.3, -0.25) is 9.69 Å². The van der Waals surface area contributed by atoms with Gasteiger partial charge in [0.05, 0.1) is 12.8 Å². The molecule has 5 heteroatoms. The van der Waals surface area contributed by atoms with Crippen molar-refractivity contribution < 1.29 is 9.53 Å². The van der Waals surface area contributed by atoms with Crippen LogP contribution in [0.15, 0.2) is 88.0 Å². The lowest BCUT2D eigenvalue weighted by Crippen LogP contribution is -2.32. The van der Waals surface area contributed by atoms with Gasteiger partial charge in [-0.05, 0) is 43.3 Å². The maximum Gasteiger partial charge on any atom is 0.282 e. The first-order valence-corrected chi connectivity index (χ1v) is 9.96. The number of hydrogen-bond acceptors (Lipinski definition) is 3. The Morgan fingerprint density at radius 3 is 2.34 bits per heavy atom. The molecule has 0 fully saturated rings. The molecule has 0 unspecified atom stereocenters. The van der Waals surface area contributed by atoms with E-state index in [0.29, 0.717) is 17.3 Å². The molecular weight excluding hydrogens is 428 g/mol. The van der Waals surface area contributed by atoms with Gasteiger partial charge in [-0.25, -0.2) is 4.99 Å². The van der Waals surface area contributed by atoms with Crippen molar-refractivity contribution in [3.8, 4) is 5.75 Å². The Bertz CT molecular complexity index is 1120. The summed E-state index contributed by atoms with van der Waals surface area (Å²) >= 11 is 3.46. The summed E-state index contributed by atoms with van der Waals surface area (Å²) in [6, 6.07) is 23.2. The Morgan fingerprint density at radius 2 is 1.66 bits per heavy atom. The zero-order valence-corrected chi connectivity index (χ0v) is 17.7. The van der Waals surface area contributed by atoms with E-state index < -0.39 is 0 Å². The SMILES string of the molecule is COc1ccccc1/C=C1/N=C(c2ccc(Br)cc2)N(c2ccc(C)cc2)C1=O. The minimum Gasteiger partial charge on any atom is -0.496 e. The molecule has 0 aromatic heterocycles. The lowest BCUT2D eigenvalue weighted by molar-refractivity contribution is -0.113. The average Bonchev–Trinajstić information content (AvgIpc) is 3.06. The number of aryl methyl sites for hydroxylation is 1. The molecule has 1 amide bonds. The van der Waals surface area contributed by atoms with Gasteiger partial charge in [0.2, 0.25) is 0 Å². The van der Waals surface area contributed by atoms with E-state index in [1.807, 2.05) is 79.7 Å². The fraction of sp³-hybridized carbons (Fsp3) is 0.0833. The molecule has 3 aromatic carbocycles. The van der Waals surface area contributed by atoms with E-state index in [4.69, 9.17) is 9.73 Å². The summed E-state index contributed by atoms with van der Waals surface area (Å²) in [7, 11) is 1.61. The number of benzene rings is 3. The molecular formula is C24H19BrN2O2. The predicted molar refractivity (Wildman–Crippen MR) is 120 cm³/mol. The molecule has 0 bridgehead atoms. The van der Waals surface area contributed by atoms with Crippen molar-refractivity contribution in [2.24, 2.45) is 4.99 Å². The van der Waals surface area contributed by atoms with Gasteiger partial charge in [-0.2, -0.15) is 0 Å². The first-order valence-electron chi connectivity index (χ1n) is 9.17. The number of carbonyl (C=O) groups excluding carboxylic acids is 1. The maximum atomic E-state index is 13.3. The van der Waals surface area contributed by atoms with Crippen LogP contribution >= 0.6 is 15.9 Å².